The van der Waals surface area contributed by atoms with Crippen molar-refractivity contribution >= 4 is 19.2 Å². The highest BCUT2D eigenvalue weighted by Gasteiger charge is 2.21. The van der Waals surface area contributed by atoms with E-state index in [1.807, 2.05) is 24.3 Å². The van der Waals surface area contributed by atoms with Crippen molar-refractivity contribution in [3.05, 3.63) is 29.8 Å². The molecule has 0 radical (unpaired) electrons. The molecule has 24 heavy (non-hydrogen) atoms. The molecule has 136 valence electrons. The molecule has 0 aliphatic rings. The highest BCUT2D eigenvalue weighted by Crippen LogP contribution is 2.40. The molecule has 0 aromatic heterocycles. The number of hydrogen-bond donors (Lipinski definition) is 3. The summed E-state index contributed by atoms with van der Waals surface area (Å²) in [5.41, 5.74) is 1.62. The number of nitrogens with one attached hydrogen (secondary N) is 2. The Morgan fingerprint density at radius 1 is 1.21 bits per heavy atom. The Morgan fingerprint density at radius 3 is 2.38 bits per heavy atom. The summed E-state index contributed by atoms with van der Waals surface area (Å²) in [6.45, 7) is 8.06. The van der Waals surface area contributed by atoms with Gasteiger partial charge < -0.3 is 14.9 Å². The molecule has 1 atom stereocenters. The Kier molecular flexibility index (Phi) is 8.46. The van der Waals surface area contributed by atoms with Gasteiger partial charge in [0, 0.05) is 30.4 Å². The molecule has 1 unspecified atom stereocenters. The van der Waals surface area contributed by atoms with Crippen LogP contribution in [0.5, 0.6) is 0 Å². The molecule has 0 saturated heterocycles. The number of ether oxygens (including phenoxy) is 1. The van der Waals surface area contributed by atoms with Crippen LogP contribution in [0.4, 0.5) is 5.69 Å². The summed E-state index contributed by atoms with van der Waals surface area (Å²) in [5, 5.41) is 5.90. The van der Waals surface area contributed by atoms with Crippen molar-refractivity contribution in [1.29, 1.82) is 0 Å². The molecule has 1 aromatic carbocycles. The Bertz CT molecular complexity index is 558. The lowest BCUT2D eigenvalue weighted by Gasteiger charge is -2.16. The molecule has 3 N–H and O–H groups in total. The van der Waals surface area contributed by atoms with Crippen molar-refractivity contribution in [2.75, 3.05) is 11.9 Å². The summed E-state index contributed by atoms with van der Waals surface area (Å²) >= 11 is 0. The fraction of sp³-hybridized carbons (Fsp3) is 0.588. The summed E-state index contributed by atoms with van der Waals surface area (Å²) < 4.78 is 16.9. The normalized spacial score (nSPS) is 13.8. The number of carbonyl (C=O) groups excluding carboxylic acids is 1. The largest absolute Gasteiger partial charge is 0.461 e. The van der Waals surface area contributed by atoms with E-state index in [0.717, 1.165) is 11.3 Å². The average Bonchev–Trinajstić information content (AvgIpc) is 2.50. The van der Waals surface area contributed by atoms with Crippen molar-refractivity contribution in [2.24, 2.45) is 0 Å². The molecule has 7 heteroatoms. The zero-order chi connectivity index (χ0) is 18.2. The predicted octanol–water partition coefficient (Wildman–Crippen LogP) is 3.51. The Balaban J connectivity index is 2.25. The summed E-state index contributed by atoms with van der Waals surface area (Å²) in [6.07, 6.45) is 0.686. The molecule has 0 aliphatic heterocycles. The van der Waals surface area contributed by atoms with Gasteiger partial charge in [-0.2, -0.15) is 0 Å². The van der Waals surface area contributed by atoms with E-state index in [4.69, 9.17) is 4.74 Å². The maximum absolute atomic E-state index is 11.7. The minimum atomic E-state index is -3.31. The van der Waals surface area contributed by atoms with Crippen LogP contribution in [0.2, 0.25) is 0 Å². The highest BCUT2D eigenvalue weighted by atomic mass is 31.2. The van der Waals surface area contributed by atoms with Gasteiger partial charge in [0.05, 0.1) is 0 Å². The van der Waals surface area contributed by atoms with Crippen LogP contribution in [0.1, 0.15) is 46.1 Å². The van der Waals surface area contributed by atoms with E-state index in [1.54, 1.807) is 13.8 Å². The molecule has 0 amide bonds. The average molecular weight is 356 g/mol. The Hall–Kier alpha value is -1.36. The van der Waals surface area contributed by atoms with E-state index in [0.29, 0.717) is 19.0 Å². The first-order valence-corrected chi connectivity index (χ1v) is 10.0. The summed E-state index contributed by atoms with van der Waals surface area (Å²) in [5.74, 6) is -0.307. The summed E-state index contributed by atoms with van der Waals surface area (Å²) in [6, 6.07) is 8.12. The standard InChI is InChI=1S/C17H29N2O4P/c1-13(2)19-16-9-7-15(8-10-16)12-23-17(20)6-5-11-18-24(21,22)14(3)4/h7-10,13-14,19H,5-6,11-12H2,1-4H3,(H2,18,21,22). The zero-order valence-corrected chi connectivity index (χ0v) is 15.8. The Labute approximate surface area is 144 Å². The van der Waals surface area contributed by atoms with Crippen LogP contribution >= 0.6 is 7.52 Å². The number of hydrogen-bond acceptors (Lipinski definition) is 4. The molecule has 6 nitrogen and oxygen atoms in total. The monoisotopic (exact) mass is 356 g/mol. The van der Waals surface area contributed by atoms with E-state index in [9.17, 15) is 14.3 Å². The van der Waals surface area contributed by atoms with Gasteiger partial charge in [-0.05, 0) is 38.0 Å². The predicted molar refractivity (Wildman–Crippen MR) is 97.2 cm³/mol. The van der Waals surface area contributed by atoms with Crippen LogP contribution < -0.4 is 10.4 Å². The van der Waals surface area contributed by atoms with E-state index in [2.05, 4.69) is 24.3 Å². The van der Waals surface area contributed by atoms with E-state index >= 15 is 0 Å². The van der Waals surface area contributed by atoms with Crippen LogP contribution in [-0.2, 0) is 20.7 Å². The van der Waals surface area contributed by atoms with Crippen molar-refractivity contribution in [2.45, 2.75) is 58.8 Å². The van der Waals surface area contributed by atoms with Crippen molar-refractivity contribution in [3.8, 4) is 0 Å². The highest BCUT2D eigenvalue weighted by molar-refractivity contribution is 7.56. The minimum Gasteiger partial charge on any atom is -0.461 e. The lowest BCUT2D eigenvalue weighted by Crippen LogP contribution is -2.18. The molecule has 0 spiro atoms. The van der Waals surface area contributed by atoms with Crippen LogP contribution in [-0.4, -0.2) is 29.1 Å². The van der Waals surface area contributed by atoms with Gasteiger partial charge >= 0.3 is 5.97 Å². The molecular formula is C17H29N2O4P. The van der Waals surface area contributed by atoms with E-state index < -0.39 is 7.52 Å². The van der Waals surface area contributed by atoms with Gasteiger partial charge in [0.1, 0.15) is 6.61 Å². The number of benzene rings is 1. The molecular weight excluding hydrogens is 327 g/mol. The molecule has 1 aromatic rings. The van der Waals surface area contributed by atoms with Gasteiger partial charge in [-0.1, -0.05) is 26.0 Å². The first kappa shape index (κ1) is 20.7. The first-order valence-electron chi connectivity index (χ1n) is 8.29. The van der Waals surface area contributed by atoms with Crippen LogP contribution in [0.15, 0.2) is 24.3 Å². The molecule has 0 saturated carbocycles. The summed E-state index contributed by atoms with van der Waals surface area (Å²) in [7, 11) is -3.31. The van der Waals surface area contributed by atoms with Gasteiger partial charge in [0.15, 0.2) is 0 Å². The van der Waals surface area contributed by atoms with E-state index in [1.165, 1.54) is 0 Å². The number of anilines is 1. The first-order chi connectivity index (χ1) is 11.2. The minimum absolute atomic E-state index is 0.220. The van der Waals surface area contributed by atoms with Gasteiger partial charge in [-0.25, -0.2) is 5.09 Å². The molecule has 0 heterocycles. The topological polar surface area (TPSA) is 87.7 Å². The van der Waals surface area contributed by atoms with Gasteiger partial charge in [0.2, 0.25) is 0 Å². The molecule has 1 rings (SSSR count). The third-order valence-electron chi connectivity index (χ3n) is 3.41. The third kappa shape index (κ3) is 7.95. The summed E-state index contributed by atoms with van der Waals surface area (Å²) in [4.78, 5) is 21.3. The van der Waals surface area contributed by atoms with Gasteiger partial charge in [-0.3, -0.25) is 9.36 Å². The van der Waals surface area contributed by atoms with Gasteiger partial charge in [-0.15, -0.1) is 0 Å². The number of esters is 1. The van der Waals surface area contributed by atoms with E-state index in [-0.39, 0.29) is 24.7 Å². The van der Waals surface area contributed by atoms with Gasteiger partial charge in [0.25, 0.3) is 7.52 Å². The van der Waals surface area contributed by atoms with Crippen molar-refractivity contribution < 1.29 is 19.0 Å². The number of carbonyl (C=O) groups is 1. The quantitative estimate of drug-likeness (QED) is 0.338. The lowest BCUT2D eigenvalue weighted by molar-refractivity contribution is -0.145. The lowest BCUT2D eigenvalue weighted by atomic mass is 10.2. The van der Waals surface area contributed by atoms with Crippen molar-refractivity contribution in [3.63, 3.8) is 0 Å². The third-order valence-corrected chi connectivity index (χ3v) is 5.48. The van der Waals surface area contributed by atoms with Crippen molar-refractivity contribution in [1.82, 2.24) is 5.09 Å². The van der Waals surface area contributed by atoms with Crippen LogP contribution in [0, 0.1) is 0 Å². The Morgan fingerprint density at radius 2 is 1.83 bits per heavy atom. The van der Waals surface area contributed by atoms with Crippen LogP contribution in [0.3, 0.4) is 0 Å². The maximum Gasteiger partial charge on any atom is 0.306 e. The number of rotatable bonds is 10. The second-order valence-electron chi connectivity index (χ2n) is 6.38. The van der Waals surface area contributed by atoms with Crippen LogP contribution in [0.25, 0.3) is 0 Å². The molecule has 0 aliphatic carbocycles. The molecule has 0 fully saturated rings. The fourth-order valence-electron chi connectivity index (χ4n) is 1.92. The molecule has 0 bridgehead atoms. The smallest absolute Gasteiger partial charge is 0.306 e. The SMILES string of the molecule is CC(C)Nc1ccc(COC(=O)CCCNP(=O)(O)C(C)C)cc1. The second kappa shape index (κ2) is 9.82. The fourth-order valence-corrected chi connectivity index (χ4v) is 2.76. The second-order valence-corrected chi connectivity index (χ2v) is 8.98. The zero-order valence-electron chi connectivity index (χ0n) is 14.9. The maximum atomic E-state index is 11.7.